The first-order valence-electron chi connectivity index (χ1n) is 9.85. The van der Waals surface area contributed by atoms with Gasteiger partial charge < -0.3 is 0 Å². The van der Waals surface area contributed by atoms with E-state index in [9.17, 15) is 4.79 Å². The largest absolute Gasteiger partial charge is 0.299 e. The predicted octanol–water partition coefficient (Wildman–Crippen LogP) is 5.15. The number of allylic oxidation sites excluding steroid dienone is 4. The van der Waals surface area contributed by atoms with Crippen molar-refractivity contribution in [1.82, 2.24) is 0 Å². The molecule has 0 heterocycles. The van der Waals surface area contributed by atoms with E-state index in [1.165, 1.54) is 37.7 Å². The molecule has 0 spiro atoms. The quantitative estimate of drug-likeness (QED) is 0.613. The summed E-state index contributed by atoms with van der Waals surface area (Å²) in [6.45, 7) is 4.81. The predicted molar refractivity (Wildman–Crippen MR) is 99.2 cm³/mol. The molecule has 0 aromatic carbocycles. The highest BCUT2D eigenvalue weighted by atomic mass is 16.1. The van der Waals surface area contributed by atoms with Crippen LogP contribution in [0.5, 0.6) is 0 Å². The number of carbonyl (C=O) groups excluding carboxylic acids is 1. The zero-order valence-corrected chi connectivity index (χ0v) is 15.5. The molecule has 0 aromatic heterocycles. The lowest BCUT2D eigenvalue weighted by Crippen LogP contribution is -2.50. The van der Waals surface area contributed by atoms with Crippen molar-refractivity contribution in [2.45, 2.75) is 65.2 Å². The number of carbonyl (C=O) groups is 1. The highest BCUT2D eigenvalue weighted by Gasteiger charge is 2.58. The molecule has 0 aromatic rings. The smallest absolute Gasteiger partial charge is 0.139 e. The molecule has 0 bridgehead atoms. The minimum Gasteiger partial charge on any atom is -0.299 e. The fourth-order valence-electron chi connectivity index (χ4n) is 6.68. The minimum atomic E-state index is 0.00998. The molecule has 130 valence electrons. The second-order valence-corrected chi connectivity index (χ2v) is 9.07. The molecule has 3 fully saturated rings. The van der Waals surface area contributed by atoms with E-state index >= 15 is 0 Å². The summed E-state index contributed by atoms with van der Waals surface area (Å²) in [7, 11) is 1.84. The average molecular weight is 325 g/mol. The van der Waals surface area contributed by atoms with Gasteiger partial charge in [-0.3, -0.25) is 9.79 Å². The summed E-state index contributed by atoms with van der Waals surface area (Å²) < 4.78 is 0. The minimum absolute atomic E-state index is 0.00998. The van der Waals surface area contributed by atoms with Gasteiger partial charge in [0.15, 0.2) is 0 Å². The lowest BCUT2D eigenvalue weighted by Gasteiger charge is -2.57. The third kappa shape index (κ3) is 2.21. The maximum atomic E-state index is 12.5. The Labute approximate surface area is 146 Å². The fraction of sp³-hybridized carbons (Fsp3) is 0.727. The summed E-state index contributed by atoms with van der Waals surface area (Å²) in [6.07, 6.45) is 16.0. The Morgan fingerprint density at radius 1 is 1.04 bits per heavy atom. The van der Waals surface area contributed by atoms with Crippen LogP contribution in [0, 0.1) is 28.6 Å². The molecule has 0 radical (unpaired) electrons. The summed E-state index contributed by atoms with van der Waals surface area (Å²) >= 11 is 0. The molecule has 0 amide bonds. The van der Waals surface area contributed by atoms with E-state index in [-0.39, 0.29) is 5.41 Å². The van der Waals surface area contributed by atoms with Crippen LogP contribution < -0.4 is 0 Å². The topological polar surface area (TPSA) is 29.4 Å². The van der Waals surface area contributed by atoms with Gasteiger partial charge in [0.25, 0.3) is 0 Å². The molecule has 24 heavy (non-hydrogen) atoms. The van der Waals surface area contributed by atoms with Crippen LogP contribution in [-0.2, 0) is 4.79 Å². The van der Waals surface area contributed by atoms with Crippen molar-refractivity contribution in [1.29, 1.82) is 0 Å². The van der Waals surface area contributed by atoms with Crippen LogP contribution in [0.15, 0.2) is 28.3 Å². The van der Waals surface area contributed by atoms with Crippen LogP contribution in [0.1, 0.15) is 65.2 Å². The lowest BCUT2D eigenvalue weighted by atomic mass is 9.47. The Hall–Kier alpha value is -1.18. The number of fused-ring (bicyclic) bond motifs is 5. The van der Waals surface area contributed by atoms with Crippen LogP contribution in [-0.4, -0.2) is 19.0 Å². The number of rotatable bonds is 1. The number of Topliss-reactive ketones (excluding diaryl/α,β-unsaturated/α-hetero) is 1. The molecular weight excluding hydrogens is 294 g/mol. The zero-order chi connectivity index (χ0) is 16.9. The van der Waals surface area contributed by atoms with E-state index in [4.69, 9.17) is 0 Å². The van der Waals surface area contributed by atoms with Gasteiger partial charge in [0.05, 0.1) is 0 Å². The number of ketones is 1. The molecule has 3 saturated carbocycles. The first kappa shape index (κ1) is 16.3. The zero-order valence-electron chi connectivity index (χ0n) is 15.5. The summed E-state index contributed by atoms with van der Waals surface area (Å²) in [5, 5.41) is 0. The third-order valence-corrected chi connectivity index (χ3v) is 8.18. The van der Waals surface area contributed by atoms with E-state index in [1.54, 1.807) is 5.57 Å². The Kier molecular flexibility index (Phi) is 3.85. The molecule has 4 aliphatic rings. The molecule has 4 aliphatic carbocycles. The summed E-state index contributed by atoms with van der Waals surface area (Å²) in [5.74, 6) is 2.79. The first-order chi connectivity index (χ1) is 11.5. The standard InChI is InChI=1S/C22H31NO/c1-21-11-8-15(10-13-23-3)14-16(21)4-5-17-18-6-7-20(24)22(18,2)12-9-19(17)21/h10,13-14,17-19H,4-9,11-12H2,1-3H3/b15-10+,23-13?/t17?,18?,19?,21-,22-/m0/s1. The number of hydrogen-bond donors (Lipinski definition) is 0. The number of nitrogens with zero attached hydrogens (tertiary/aromatic N) is 1. The van der Waals surface area contributed by atoms with Crippen LogP contribution in [0.3, 0.4) is 0 Å². The maximum Gasteiger partial charge on any atom is 0.139 e. The van der Waals surface area contributed by atoms with Crippen molar-refractivity contribution < 1.29 is 4.79 Å². The van der Waals surface area contributed by atoms with E-state index < -0.39 is 0 Å². The second kappa shape index (κ2) is 5.68. The van der Waals surface area contributed by atoms with Gasteiger partial charge in [-0.1, -0.05) is 25.5 Å². The number of hydrogen-bond acceptors (Lipinski definition) is 2. The van der Waals surface area contributed by atoms with Gasteiger partial charge in [0.1, 0.15) is 5.78 Å². The average Bonchev–Trinajstić information content (AvgIpc) is 2.88. The Bertz CT molecular complexity index is 642. The van der Waals surface area contributed by atoms with Gasteiger partial charge in [-0.15, -0.1) is 0 Å². The van der Waals surface area contributed by atoms with Crippen LogP contribution >= 0.6 is 0 Å². The van der Waals surface area contributed by atoms with Gasteiger partial charge in [0.2, 0.25) is 0 Å². The van der Waals surface area contributed by atoms with Crippen molar-refractivity contribution in [3.63, 3.8) is 0 Å². The van der Waals surface area contributed by atoms with Gasteiger partial charge in [-0.05, 0) is 79.8 Å². The highest BCUT2D eigenvalue weighted by Crippen LogP contribution is 2.64. The van der Waals surface area contributed by atoms with E-state index in [0.29, 0.717) is 17.1 Å². The molecule has 2 nitrogen and oxygen atoms in total. The second-order valence-electron chi connectivity index (χ2n) is 9.07. The SMILES string of the molecule is CN=C/C=C1/C=C2CCC3C(CC[C@]4(C)C(=O)CCC34)[C@@]2(C)CC1. The van der Waals surface area contributed by atoms with Crippen molar-refractivity contribution in [3.05, 3.63) is 23.3 Å². The van der Waals surface area contributed by atoms with Gasteiger partial charge in [0, 0.05) is 25.1 Å². The Morgan fingerprint density at radius 3 is 2.62 bits per heavy atom. The van der Waals surface area contributed by atoms with E-state index in [0.717, 1.165) is 31.1 Å². The summed E-state index contributed by atoms with van der Waals surface area (Å²) in [5.41, 5.74) is 3.51. The summed E-state index contributed by atoms with van der Waals surface area (Å²) in [4.78, 5) is 16.6. The van der Waals surface area contributed by atoms with Gasteiger partial charge in [-0.2, -0.15) is 0 Å². The molecule has 3 unspecified atom stereocenters. The Morgan fingerprint density at radius 2 is 1.83 bits per heavy atom. The monoisotopic (exact) mass is 325 g/mol. The van der Waals surface area contributed by atoms with Crippen molar-refractivity contribution in [2.75, 3.05) is 7.05 Å². The molecule has 5 atom stereocenters. The molecule has 2 heteroatoms. The molecule has 0 N–H and O–H groups in total. The lowest BCUT2D eigenvalue weighted by molar-refractivity contribution is -0.132. The molecule has 4 rings (SSSR count). The summed E-state index contributed by atoms with van der Waals surface area (Å²) in [6, 6.07) is 0. The first-order valence-corrected chi connectivity index (χ1v) is 9.85. The van der Waals surface area contributed by atoms with Crippen LogP contribution in [0.25, 0.3) is 0 Å². The normalized spacial score (nSPS) is 46.6. The molecular formula is C22H31NO. The Balaban J connectivity index is 1.64. The fourth-order valence-corrected chi connectivity index (χ4v) is 6.68. The van der Waals surface area contributed by atoms with Crippen molar-refractivity contribution in [3.8, 4) is 0 Å². The van der Waals surface area contributed by atoms with Gasteiger partial charge in [-0.25, -0.2) is 0 Å². The van der Waals surface area contributed by atoms with Gasteiger partial charge >= 0.3 is 0 Å². The van der Waals surface area contributed by atoms with Crippen molar-refractivity contribution in [2.24, 2.45) is 33.6 Å². The highest BCUT2D eigenvalue weighted by molar-refractivity contribution is 5.87. The van der Waals surface area contributed by atoms with Crippen LogP contribution in [0.2, 0.25) is 0 Å². The van der Waals surface area contributed by atoms with E-state index in [2.05, 4.69) is 31.0 Å². The van der Waals surface area contributed by atoms with E-state index in [1.807, 2.05) is 13.3 Å². The maximum absolute atomic E-state index is 12.5. The molecule has 0 aliphatic heterocycles. The molecule has 0 saturated heterocycles. The van der Waals surface area contributed by atoms with Crippen molar-refractivity contribution >= 4 is 12.0 Å². The third-order valence-electron chi connectivity index (χ3n) is 8.18. The number of aliphatic imine (C=N–C) groups is 1. The van der Waals surface area contributed by atoms with Crippen LogP contribution in [0.4, 0.5) is 0 Å².